The van der Waals surface area contributed by atoms with Gasteiger partial charge in [0.15, 0.2) is 12.2 Å². The fourth-order valence-corrected chi connectivity index (χ4v) is 11.9. The summed E-state index contributed by atoms with van der Waals surface area (Å²) < 4.78 is 68.1. The third kappa shape index (κ3) is 62.6. The van der Waals surface area contributed by atoms with Gasteiger partial charge in [-0.1, -0.05) is 304 Å². The molecule has 87 heavy (non-hydrogen) atoms. The summed E-state index contributed by atoms with van der Waals surface area (Å²) in [4.78, 5) is 72.3. The van der Waals surface area contributed by atoms with Gasteiger partial charge in [0.1, 0.15) is 19.3 Å². The van der Waals surface area contributed by atoms with E-state index in [2.05, 4.69) is 27.7 Å². The molecule has 0 amide bonds. The van der Waals surface area contributed by atoms with Crippen molar-refractivity contribution in [2.75, 3.05) is 39.6 Å². The molecule has 19 heteroatoms. The molecule has 0 rings (SSSR count). The standard InChI is InChI=1S/C68H132O17P2/c1-5-9-13-17-21-25-27-28-29-30-31-32-33-34-36-39-43-47-51-55-68(73)85-64(59-79-66(71)53-49-45-41-38-35-26-22-18-14-10-6-2)61-83-87(76,77)81-57-62(69)56-80-86(74,75)82-60-63(58-78-65(70)52-48-44-40-24-20-16-12-8-4)84-67(72)54-50-46-42-37-23-19-15-11-7-3/h62-64,69H,5-61H2,1-4H3,(H,74,75)(H,76,77)/t62-,63+,64+/m0/s1. The molecule has 3 N–H and O–H groups in total. The summed E-state index contributed by atoms with van der Waals surface area (Å²) in [5.74, 6) is -2.13. The van der Waals surface area contributed by atoms with E-state index in [4.69, 9.17) is 37.0 Å². The lowest BCUT2D eigenvalue weighted by Gasteiger charge is -2.21. The van der Waals surface area contributed by atoms with E-state index in [0.717, 1.165) is 96.3 Å². The van der Waals surface area contributed by atoms with Gasteiger partial charge in [-0.3, -0.25) is 37.3 Å². The van der Waals surface area contributed by atoms with E-state index in [1.807, 2.05) is 0 Å². The molecule has 5 atom stereocenters. The largest absolute Gasteiger partial charge is 0.472 e. The molecule has 17 nitrogen and oxygen atoms in total. The Hall–Kier alpha value is -1.94. The number of unbranched alkanes of at least 4 members (excludes halogenated alkanes) is 43. The van der Waals surface area contributed by atoms with E-state index < -0.39 is 97.5 Å². The third-order valence-electron chi connectivity index (χ3n) is 15.9. The number of phosphoric ester groups is 2. The Labute approximate surface area is 530 Å². The Morgan fingerprint density at radius 1 is 0.276 bits per heavy atom. The van der Waals surface area contributed by atoms with Crippen molar-refractivity contribution < 1.29 is 80.2 Å². The van der Waals surface area contributed by atoms with Crippen LogP contribution < -0.4 is 0 Å². The first kappa shape index (κ1) is 85.1. The molecule has 0 heterocycles. The number of phosphoric acid groups is 2. The number of aliphatic hydroxyl groups excluding tert-OH is 1. The first-order valence-electron chi connectivity index (χ1n) is 35.8. The van der Waals surface area contributed by atoms with E-state index in [1.54, 1.807) is 0 Å². The highest BCUT2D eigenvalue weighted by Crippen LogP contribution is 2.45. The molecule has 0 saturated heterocycles. The first-order chi connectivity index (χ1) is 42.2. The lowest BCUT2D eigenvalue weighted by molar-refractivity contribution is -0.161. The predicted octanol–water partition coefficient (Wildman–Crippen LogP) is 19.5. The van der Waals surface area contributed by atoms with Gasteiger partial charge in [-0.25, -0.2) is 9.13 Å². The minimum Gasteiger partial charge on any atom is -0.462 e. The lowest BCUT2D eigenvalue weighted by atomic mass is 10.0. The summed E-state index contributed by atoms with van der Waals surface area (Å²) in [5, 5.41) is 10.5. The van der Waals surface area contributed by atoms with E-state index in [9.17, 15) is 43.2 Å². The van der Waals surface area contributed by atoms with Crippen molar-refractivity contribution in [1.82, 2.24) is 0 Å². The number of carbonyl (C=O) groups excluding carboxylic acids is 4. The quantitative estimate of drug-likeness (QED) is 0.0222. The van der Waals surface area contributed by atoms with E-state index in [0.29, 0.717) is 25.7 Å². The van der Waals surface area contributed by atoms with Crippen molar-refractivity contribution in [1.29, 1.82) is 0 Å². The van der Waals surface area contributed by atoms with Gasteiger partial charge in [0.2, 0.25) is 0 Å². The van der Waals surface area contributed by atoms with Crippen molar-refractivity contribution in [3.63, 3.8) is 0 Å². The zero-order valence-electron chi connectivity index (χ0n) is 56.0. The topological polar surface area (TPSA) is 237 Å². The monoisotopic (exact) mass is 1280 g/mol. The average Bonchev–Trinajstić information content (AvgIpc) is 3.71. The minimum absolute atomic E-state index is 0.106. The van der Waals surface area contributed by atoms with Gasteiger partial charge < -0.3 is 33.8 Å². The summed E-state index contributed by atoms with van der Waals surface area (Å²) >= 11 is 0. The van der Waals surface area contributed by atoms with Crippen LogP contribution in [0, 0.1) is 0 Å². The number of rotatable bonds is 69. The Bertz CT molecular complexity index is 1670. The van der Waals surface area contributed by atoms with E-state index in [1.165, 1.54) is 180 Å². The average molecular weight is 1280 g/mol. The van der Waals surface area contributed by atoms with Crippen molar-refractivity contribution >= 4 is 39.5 Å². The fraction of sp³-hybridized carbons (Fsp3) is 0.941. The summed E-state index contributed by atoms with van der Waals surface area (Å²) in [6, 6.07) is 0. The van der Waals surface area contributed by atoms with Crippen LogP contribution in [0.3, 0.4) is 0 Å². The van der Waals surface area contributed by atoms with Gasteiger partial charge >= 0.3 is 39.5 Å². The molecule has 0 aromatic rings. The second-order valence-corrected chi connectivity index (χ2v) is 27.5. The highest BCUT2D eigenvalue weighted by molar-refractivity contribution is 7.47. The molecule has 0 radical (unpaired) electrons. The molecule has 0 fully saturated rings. The van der Waals surface area contributed by atoms with Crippen LogP contribution in [0.4, 0.5) is 0 Å². The zero-order valence-corrected chi connectivity index (χ0v) is 57.8. The zero-order chi connectivity index (χ0) is 64.0. The summed E-state index contributed by atoms with van der Waals surface area (Å²) in [7, 11) is -9.89. The SMILES string of the molecule is CCCCCCCCCCCCCCCCCCCCCC(=O)O[C@H](COC(=O)CCCCCCCCCCCCC)COP(=O)(O)OC[C@@H](O)COP(=O)(O)OC[C@@H](COC(=O)CCCCCCCCCC)OC(=O)CCCCCCCCCCC. The summed E-state index contributed by atoms with van der Waals surface area (Å²) in [6.45, 7) is 4.88. The Kier molecular flexibility index (Phi) is 61.4. The lowest BCUT2D eigenvalue weighted by Crippen LogP contribution is -2.30. The molecule has 516 valence electrons. The fourth-order valence-electron chi connectivity index (χ4n) is 10.3. The van der Waals surface area contributed by atoms with Crippen LogP contribution in [-0.4, -0.2) is 96.7 Å². The second-order valence-electron chi connectivity index (χ2n) is 24.6. The van der Waals surface area contributed by atoms with Crippen molar-refractivity contribution in [3.05, 3.63) is 0 Å². The Morgan fingerprint density at radius 3 is 0.678 bits per heavy atom. The molecule has 0 aromatic carbocycles. The highest BCUT2D eigenvalue weighted by Gasteiger charge is 2.30. The normalized spacial score (nSPS) is 14.1. The Balaban J connectivity index is 5.15. The number of carbonyl (C=O) groups is 4. The molecule has 0 aliphatic heterocycles. The maximum Gasteiger partial charge on any atom is 0.472 e. The van der Waals surface area contributed by atoms with E-state index >= 15 is 0 Å². The summed E-state index contributed by atoms with van der Waals surface area (Å²) in [6.07, 6.45) is 50.1. The third-order valence-corrected chi connectivity index (χ3v) is 17.8. The van der Waals surface area contributed by atoms with E-state index in [-0.39, 0.29) is 25.7 Å². The molecule has 0 aliphatic carbocycles. The van der Waals surface area contributed by atoms with Crippen LogP contribution in [-0.2, 0) is 65.4 Å². The van der Waals surface area contributed by atoms with Crippen LogP contribution in [0.25, 0.3) is 0 Å². The molecule has 0 bridgehead atoms. The molecule has 0 aromatic heterocycles. The smallest absolute Gasteiger partial charge is 0.462 e. The molecule has 0 saturated carbocycles. The summed E-state index contributed by atoms with van der Waals surface area (Å²) in [5.41, 5.74) is 0. The maximum absolute atomic E-state index is 13.0. The van der Waals surface area contributed by atoms with Gasteiger partial charge in [0, 0.05) is 25.7 Å². The predicted molar refractivity (Wildman–Crippen MR) is 349 cm³/mol. The molecular formula is C68H132O17P2. The van der Waals surface area contributed by atoms with Crippen LogP contribution >= 0.6 is 15.6 Å². The Morgan fingerprint density at radius 2 is 0.460 bits per heavy atom. The van der Waals surface area contributed by atoms with Crippen molar-refractivity contribution in [3.8, 4) is 0 Å². The molecule has 0 spiro atoms. The van der Waals surface area contributed by atoms with Crippen LogP contribution in [0.5, 0.6) is 0 Å². The first-order valence-corrected chi connectivity index (χ1v) is 38.8. The van der Waals surface area contributed by atoms with Crippen LogP contribution in [0.1, 0.15) is 355 Å². The van der Waals surface area contributed by atoms with Crippen molar-refractivity contribution in [2.45, 2.75) is 373 Å². The minimum atomic E-state index is -4.95. The highest BCUT2D eigenvalue weighted by atomic mass is 31.2. The van der Waals surface area contributed by atoms with Gasteiger partial charge in [-0.2, -0.15) is 0 Å². The molecular weight excluding hydrogens is 1150 g/mol. The van der Waals surface area contributed by atoms with Crippen molar-refractivity contribution in [2.24, 2.45) is 0 Å². The second kappa shape index (κ2) is 62.8. The van der Waals surface area contributed by atoms with Gasteiger partial charge in [0.05, 0.1) is 26.4 Å². The van der Waals surface area contributed by atoms with Gasteiger partial charge in [-0.15, -0.1) is 0 Å². The van der Waals surface area contributed by atoms with Crippen LogP contribution in [0.15, 0.2) is 0 Å². The van der Waals surface area contributed by atoms with Gasteiger partial charge in [-0.05, 0) is 25.7 Å². The number of esters is 4. The maximum atomic E-state index is 13.0. The number of hydrogen-bond donors (Lipinski definition) is 3. The van der Waals surface area contributed by atoms with Gasteiger partial charge in [0.25, 0.3) is 0 Å². The number of hydrogen-bond acceptors (Lipinski definition) is 15. The number of ether oxygens (including phenoxy) is 4. The number of aliphatic hydroxyl groups is 1. The molecule has 0 aliphatic rings. The van der Waals surface area contributed by atoms with Crippen LogP contribution in [0.2, 0.25) is 0 Å². The molecule has 2 unspecified atom stereocenters.